The fourth-order valence-electron chi connectivity index (χ4n) is 1.06. The van der Waals surface area contributed by atoms with Gasteiger partial charge in [0, 0.05) is 19.1 Å². The van der Waals surface area contributed by atoms with Gasteiger partial charge in [0.15, 0.2) is 0 Å². The first kappa shape index (κ1) is 8.92. The molecular formula is C5H13N3O2S. The number of rotatable bonds is 3. The van der Waals surface area contributed by atoms with E-state index in [4.69, 9.17) is 10.9 Å². The fraction of sp³-hybridized carbons (Fsp3) is 1.00. The van der Waals surface area contributed by atoms with Crippen LogP contribution in [-0.2, 0) is 10.2 Å². The van der Waals surface area contributed by atoms with Crippen molar-refractivity contribution in [3.05, 3.63) is 0 Å². The van der Waals surface area contributed by atoms with Gasteiger partial charge in [-0.2, -0.15) is 12.7 Å². The number of hydrogen-bond donors (Lipinski definition) is 2. The van der Waals surface area contributed by atoms with E-state index < -0.39 is 10.2 Å². The van der Waals surface area contributed by atoms with Crippen LogP contribution in [0.1, 0.15) is 12.8 Å². The summed E-state index contributed by atoms with van der Waals surface area (Å²) in [5.74, 6) is 0. The predicted molar refractivity (Wildman–Crippen MR) is 41.9 cm³/mol. The maximum atomic E-state index is 10.8. The molecule has 0 heterocycles. The standard InChI is InChI=1S/C5H13N3O2S/c1-8(11(7,9)10)5(4-6)2-3-5/h2-4,6H2,1H3,(H2,7,9,10). The van der Waals surface area contributed by atoms with Gasteiger partial charge in [-0.05, 0) is 12.8 Å². The molecule has 0 spiro atoms. The zero-order chi connectivity index (χ0) is 8.70. The van der Waals surface area contributed by atoms with E-state index in [0.29, 0.717) is 6.54 Å². The molecule has 1 saturated carbocycles. The van der Waals surface area contributed by atoms with Crippen molar-refractivity contribution in [1.82, 2.24) is 4.31 Å². The van der Waals surface area contributed by atoms with Gasteiger partial charge >= 0.3 is 0 Å². The molecule has 0 aromatic carbocycles. The van der Waals surface area contributed by atoms with Crippen molar-refractivity contribution < 1.29 is 8.42 Å². The second-order valence-corrected chi connectivity index (χ2v) is 4.52. The average molecular weight is 179 g/mol. The van der Waals surface area contributed by atoms with Gasteiger partial charge in [0.1, 0.15) is 0 Å². The molecule has 1 aliphatic rings. The van der Waals surface area contributed by atoms with Gasteiger partial charge in [0.05, 0.1) is 0 Å². The summed E-state index contributed by atoms with van der Waals surface area (Å²) < 4.78 is 22.8. The molecule has 1 fully saturated rings. The highest BCUT2D eigenvalue weighted by Gasteiger charge is 2.48. The summed E-state index contributed by atoms with van der Waals surface area (Å²) in [6, 6.07) is 0. The number of nitrogens with two attached hydrogens (primary N) is 2. The van der Waals surface area contributed by atoms with Crippen molar-refractivity contribution in [2.75, 3.05) is 13.6 Å². The van der Waals surface area contributed by atoms with Crippen LogP contribution >= 0.6 is 0 Å². The van der Waals surface area contributed by atoms with Gasteiger partial charge in [0.2, 0.25) is 0 Å². The van der Waals surface area contributed by atoms with Crippen LogP contribution in [-0.4, -0.2) is 31.9 Å². The number of nitrogens with zero attached hydrogens (tertiary/aromatic N) is 1. The van der Waals surface area contributed by atoms with E-state index in [1.165, 1.54) is 11.4 Å². The van der Waals surface area contributed by atoms with Crippen molar-refractivity contribution >= 4 is 10.2 Å². The largest absolute Gasteiger partial charge is 0.329 e. The third-order valence-corrected chi connectivity index (χ3v) is 3.41. The fourth-order valence-corrected chi connectivity index (χ4v) is 1.86. The van der Waals surface area contributed by atoms with E-state index >= 15 is 0 Å². The molecule has 0 atom stereocenters. The first-order chi connectivity index (χ1) is 4.92. The Balaban J connectivity index is 2.77. The SMILES string of the molecule is CN(C1(CN)CC1)S(N)(=O)=O. The molecule has 0 aromatic heterocycles. The second kappa shape index (κ2) is 2.41. The molecule has 0 unspecified atom stereocenters. The summed E-state index contributed by atoms with van der Waals surface area (Å²) in [6.45, 7) is 0.347. The summed E-state index contributed by atoms with van der Waals surface area (Å²) in [5, 5.41) is 4.92. The number of likely N-dealkylation sites (N-methyl/N-ethyl adjacent to an activating group) is 1. The van der Waals surface area contributed by atoms with E-state index in [9.17, 15) is 8.42 Å². The van der Waals surface area contributed by atoms with Crippen molar-refractivity contribution in [3.63, 3.8) is 0 Å². The van der Waals surface area contributed by atoms with Crippen molar-refractivity contribution in [2.45, 2.75) is 18.4 Å². The topological polar surface area (TPSA) is 89.4 Å². The normalized spacial score (nSPS) is 22.2. The van der Waals surface area contributed by atoms with Gasteiger partial charge in [-0.25, -0.2) is 5.14 Å². The quantitative estimate of drug-likeness (QED) is 0.559. The van der Waals surface area contributed by atoms with Crippen LogP contribution in [0.15, 0.2) is 0 Å². The lowest BCUT2D eigenvalue weighted by Gasteiger charge is -2.23. The molecule has 0 aromatic rings. The van der Waals surface area contributed by atoms with Crippen LogP contribution in [0.5, 0.6) is 0 Å². The van der Waals surface area contributed by atoms with Gasteiger partial charge in [-0.15, -0.1) is 0 Å². The molecule has 5 nitrogen and oxygen atoms in total. The van der Waals surface area contributed by atoms with Crippen molar-refractivity contribution in [1.29, 1.82) is 0 Å². The molecule has 11 heavy (non-hydrogen) atoms. The van der Waals surface area contributed by atoms with E-state index in [-0.39, 0.29) is 5.54 Å². The molecule has 6 heteroatoms. The second-order valence-electron chi connectivity index (χ2n) is 2.94. The Labute approximate surface area is 66.5 Å². The molecule has 0 aliphatic heterocycles. The van der Waals surface area contributed by atoms with E-state index in [1.54, 1.807) is 0 Å². The first-order valence-electron chi connectivity index (χ1n) is 3.39. The molecule has 0 saturated heterocycles. The highest BCUT2D eigenvalue weighted by molar-refractivity contribution is 7.86. The molecule has 66 valence electrons. The Kier molecular flexibility index (Phi) is 1.96. The monoisotopic (exact) mass is 179 g/mol. The number of hydrogen-bond acceptors (Lipinski definition) is 3. The molecule has 4 N–H and O–H groups in total. The lowest BCUT2D eigenvalue weighted by molar-refractivity contribution is 0.355. The van der Waals surface area contributed by atoms with E-state index in [2.05, 4.69) is 0 Å². The zero-order valence-corrected chi connectivity index (χ0v) is 7.26. The first-order valence-corrected chi connectivity index (χ1v) is 4.89. The Bertz CT molecular complexity index is 244. The average Bonchev–Trinajstić information content (AvgIpc) is 2.64. The van der Waals surface area contributed by atoms with Crippen LogP contribution < -0.4 is 10.9 Å². The lowest BCUT2D eigenvalue weighted by Crippen LogP contribution is -2.46. The Morgan fingerprint density at radius 1 is 1.55 bits per heavy atom. The van der Waals surface area contributed by atoms with Crippen molar-refractivity contribution in [3.8, 4) is 0 Å². The van der Waals surface area contributed by atoms with Crippen LogP contribution in [0.4, 0.5) is 0 Å². The minimum absolute atomic E-state index is 0.347. The van der Waals surface area contributed by atoms with Crippen LogP contribution in [0.25, 0.3) is 0 Å². The molecule has 1 rings (SSSR count). The zero-order valence-electron chi connectivity index (χ0n) is 6.45. The maximum Gasteiger partial charge on any atom is 0.277 e. The molecular weight excluding hydrogens is 166 g/mol. The predicted octanol–water partition coefficient (Wildman–Crippen LogP) is -1.39. The van der Waals surface area contributed by atoms with E-state index in [0.717, 1.165) is 12.8 Å². The third kappa shape index (κ3) is 1.53. The molecule has 0 amide bonds. The summed E-state index contributed by atoms with van der Waals surface area (Å²) in [6.07, 6.45) is 1.63. The Morgan fingerprint density at radius 2 is 2.00 bits per heavy atom. The highest BCUT2D eigenvalue weighted by atomic mass is 32.2. The Morgan fingerprint density at radius 3 is 2.09 bits per heavy atom. The minimum atomic E-state index is -3.56. The third-order valence-electron chi connectivity index (χ3n) is 2.26. The summed E-state index contributed by atoms with van der Waals surface area (Å²) in [4.78, 5) is 0. The molecule has 1 aliphatic carbocycles. The van der Waals surface area contributed by atoms with Gasteiger partial charge in [-0.1, -0.05) is 0 Å². The molecule has 0 radical (unpaired) electrons. The van der Waals surface area contributed by atoms with Crippen LogP contribution in [0.2, 0.25) is 0 Å². The van der Waals surface area contributed by atoms with Gasteiger partial charge in [0.25, 0.3) is 10.2 Å². The summed E-state index contributed by atoms with van der Waals surface area (Å²) in [7, 11) is -2.09. The maximum absolute atomic E-state index is 10.8. The van der Waals surface area contributed by atoms with Crippen LogP contribution in [0, 0.1) is 0 Å². The van der Waals surface area contributed by atoms with Gasteiger partial charge < -0.3 is 5.73 Å². The van der Waals surface area contributed by atoms with Crippen LogP contribution in [0.3, 0.4) is 0 Å². The smallest absolute Gasteiger partial charge is 0.277 e. The van der Waals surface area contributed by atoms with Crippen molar-refractivity contribution in [2.24, 2.45) is 10.9 Å². The lowest BCUT2D eigenvalue weighted by atomic mass is 10.3. The van der Waals surface area contributed by atoms with Gasteiger partial charge in [-0.3, -0.25) is 0 Å². The summed E-state index contributed by atoms with van der Waals surface area (Å²) in [5.41, 5.74) is 5.04. The van der Waals surface area contributed by atoms with E-state index in [1.807, 2.05) is 0 Å². The summed E-state index contributed by atoms with van der Waals surface area (Å²) >= 11 is 0. The minimum Gasteiger partial charge on any atom is -0.329 e. The Hall–Kier alpha value is -0.170. The molecule has 0 bridgehead atoms. The highest BCUT2D eigenvalue weighted by Crippen LogP contribution is 2.40.